The lowest BCUT2D eigenvalue weighted by atomic mass is 10.0. The minimum absolute atomic E-state index is 0.438. The monoisotopic (exact) mass is 274 g/mol. The summed E-state index contributed by atoms with van der Waals surface area (Å²) in [5.74, 6) is 0.644. The summed E-state index contributed by atoms with van der Waals surface area (Å²) in [5, 5.41) is 3.28. The van der Waals surface area contributed by atoms with Crippen LogP contribution in [0.1, 0.15) is 35.9 Å². The summed E-state index contributed by atoms with van der Waals surface area (Å²) in [5.41, 5.74) is 7.07. The Hall–Kier alpha value is -1.46. The standard InChI is InChI=1S/C14H18N4S/c15-13-11(4-3-6-16-13)10-18-8-2-1-5-12(18)14-17-7-9-19-14/h3-4,6-7,9,12H,1-2,5,8,10H2,(H2,15,16)/t12-/m0/s1. The number of likely N-dealkylation sites (tertiary alicyclic amines) is 1. The fourth-order valence-corrected chi connectivity index (χ4v) is 3.47. The van der Waals surface area contributed by atoms with Gasteiger partial charge >= 0.3 is 0 Å². The molecule has 3 rings (SSSR count). The van der Waals surface area contributed by atoms with Crippen molar-refractivity contribution in [1.29, 1.82) is 0 Å². The van der Waals surface area contributed by atoms with E-state index in [9.17, 15) is 0 Å². The van der Waals surface area contributed by atoms with Crippen LogP contribution >= 0.6 is 11.3 Å². The maximum Gasteiger partial charge on any atom is 0.127 e. The van der Waals surface area contributed by atoms with E-state index in [2.05, 4.69) is 26.3 Å². The Bertz CT molecular complexity index is 526. The molecule has 0 spiro atoms. The number of hydrogen-bond acceptors (Lipinski definition) is 5. The van der Waals surface area contributed by atoms with Crippen molar-refractivity contribution >= 4 is 17.2 Å². The van der Waals surface area contributed by atoms with Crippen LogP contribution in [-0.4, -0.2) is 21.4 Å². The molecular weight excluding hydrogens is 256 g/mol. The second-order valence-electron chi connectivity index (χ2n) is 4.90. The number of hydrogen-bond donors (Lipinski definition) is 1. The molecule has 2 N–H and O–H groups in total. The molecule has 2 aromatic heterocycles. The molecule has 1 aliphatic rings. The van der Waals surface area contributed by atoms with E-state index in [-0.39, 0.29) is 0 Å². The highest BCUT2D eigenvalue weighted by Gasteiger charge is 2.26. The first-order chi connectivity index (χ1) is 9.34. The molecule has 0 aromatic carbocycles. The number of nitrogens with zero attached hydrogens (tertiary/aromatic N) is 3. The van der Waals surface area contributed by atoms with Gasteiger partial charge in [-0.1, -0.05) is 12.5 Å². The molecule has 1 atom stereocenters. The van der Waals surface area contributed by atoms with Crippen LogP contribution in [0, 0.1) is 0 Å². The number of nitrogen functional groups attached to an aromatic ring is 1. The third kappa shape index (κ3) is 2.77. The minimum atomic E-state index is 0.438. The molecule has 4 nitrogen and oxygen atoms in total. The van der Waals surface area contributed by atoms with Gasteiger partial charge in [0, 0.05) is 29.9 Å². The summed E-state index contributed by atoms with van der Waals surface area (Å²) in [6.45, 7) is 1.97. The van der Waals surface area contributed by atoms with Crippen molar-refractivity contribution in [2.45, 2.75) is 31.8 Å². The number of anilines is 1. The predicted molar refractivity (Wildman–Crippen MR) is 77.8 cm³/mol. The topological polar surface area (TPSA) is 55.0 Å². The zero-order valence-corrected chi connectivity index (χ0v) is 11.6. The summed E-state index contributed by atoms with van der Waals surface area (Å²) >= 11 is 1.75. The van der Waals surface area contributed by atoms with Crippen LogP contribution in [0.15, 0.2) is 29.9 Å². The lowest BCUT2D eigenvalue weighted by Crippen LogP contribution is -2.33. The highest BCUT2D eigenvalue weighted by molar-refractivity contribution is 7.09. The summed E-state index contributed by atoms with van der Waals surface area (Å²) in [4.78, 5) is 11.1. The molecule has 0 bridgehead atoms. The minimum Gasteiger partial charge on any atom is -0.383 e. The van der Waals surface area contributed by atoms with E-state index in [1.807, 2.05) is 12.3 Å². The highest BCUT2D eigenvalue weighted by Crippen LogP contribution is 2.33. The third-order valence-corrected chi connectivity index (χ3v) is 4.53. The second-order valence-corrected chi connectivity index (χ2v) is 5.83. The van der Waals surface area contributed by atoms with E-state index in [0.717, 1.165) is 18.7 Å². The Morgan fingerprint density at radius 2 is 2.26 bits per heavy atom. The maximum absolute atomic E-state index is 5.95. The molecule has 5 heteroatoms. The zero-order valence-electron chi connectivity index (χ0n) is 10.8. The normalized spacial score (nSPS) is 20.5. The van der Waals surface area contributed by atoms with Crippen LogP contribution in [0.5, 0.6) is 0 Å². The molecule has 1 fully saturated rings. The van der Waals surface area contributed by atoms with Gasteiger partial charge in [-0.2, -0.15) is 0 Å². The van der Waals surface area contributed by atoms with Gasteiger partial charge in [0.1, 0.15) is 10.8 Å². The van der Waals surface area contributed by atoms with Gasteiger partial charge in [-0.25, -0.2) is 9.97 Å². The van der Waals surface area contributed by atoms with E-state index in [1.54, 1.807) is 17.5 Å². The first kappa shape index (κ1) is 12.6. The second kappa shape index (κ2) is 5.67. The molecule has 100 valence electrons. The fraction of sp³-hybridized carbons (Fsp3) is 0.429. The first-order valence-electron chi connectivity index (χ1n) is 6.67. The Balaban J connectivity index is 1.80. The van der Waals surface area contributed by atoms with Gasteiger partial charge < -0.3 is 5.73 Å². The van der Waals surface area contributed by atoms with Gasteiger partial charge in [0.25, 0.3) is 0 Å². The van der Waals surface area contributed by atoms with E-state index in [0.29, 0.717) is 11.9 Å². The molecular formula is C14H18N4S. The smallest absolute Gasteiger partial charge is 0.127 e. The lowest BCUT2D eigenvalue weighted by Gasteiger charge is -2.34. The van der Waals surface area contributed by atoms with Crippen molar-refractivity contribution in [1.82, 2.24) is 14.9 Å². The summed E-state index contributed by atoms with van der Waals surface area (Å²) < 4.78 is 0. The van der Waals surface area contributed by atoms with Gasteiger partial charge in [-0.05, 0) is 25.5 Å². The van der Waals surface area contributed by atoms with Crippen LogP contribution in [-0.2, 0) is 6.54 Å². The quantitative estimate of drug-likeness (QED) is 0.935. The molecule has 0 unspecified atom stereocenters. The van der Waals surface area contributed by atoms with E-state index in [4.69, 9.17) is 5.73 Å². The van der Waals surface area contributed by atoms with E-state index >= 15 is 0 Å². The van der Waals surface area contributed by atoms with E-state index in [1.165, 1.54) is 24.3 Å². The molecule has 1 aliphatic heterocycles. The van der Waals surface area contributed by atoms with Crippen molar-refractivity contribution < 1.29 is 0 Å². The first-order valence-corrected chi connectivity index (χ1v) is 7.55. The van der Waals surface area contributed by atoms with Crippen molar-refractivity contribution in [3.8, 4) is 0 Å². The number of aromatic nitrogens is 2. The molecule has 0 aliphatic carbocycles. The lowest BCUT2D eigenvalue weighted by molar-refractivity contribution is 0.140. The molecule has 0 amide bonds. The van der Waals surface area contributed by atoms with Gasteiger partial charge in [0.05, 0.1) is 6.04 Å². The van der Waals surface area contributed by atoms with Gasteiger partial charge in [-0.3, -0.25) is 4.90 Å². The summed E-state index contributed by atoms with van der Waals surface area (Å²) in [6.07, 6.45) is 7.36. The number of pyridine rings is 1. The third-order valence-electron chi connectivity index (χ3n) is 3.65. The van der Waals surface area contributed by atoms with Crippen LogP contribution in [0.2, 0.25) is 0 Å². The van der Waals surface area contributed by atoms with Gasteiger partial charge in [-0.15, -0.1) is 11.3 Å². The fourth-order valence-electron chi connectivity index (χ4n) is 2.66. The predicted octanol–water partition coefficient (Wildman–Crippen LogP) is 2.85. The van der Waals surface area contributed by atoms with Crippen molar-refractivity contribution in [3.63, 3.8) is 0 Å². The molecule has 0 radical (unpaired) electrons. The van der Waals surface area contributed by atoms with Crippen molar-refractivity contribution in [2.75, 3.05) is 12.3 Å². The SMILES string of the molecule is Nc1ncccc1CN1CCCC[C@H]1c1nccs1. The maximum atomic E-state index is 5.95. The Kier molecular flexibility index (Phi) is 3.75. The van der Waals surface area contributed by atoms with Crippen molar-refractivity contribution in [3.05, 3.63) is 40.5 Å². The Morgan fingerprint density at radius 1 is 1.32 bits per heavy atom. The van der Waals surface area contributed by atoms with Crippen LogP contribution in [0.25, 0.3) is 0 Å². The molecule has 3 heterocycles. The van der Waals surface area contributed by atoms with Crippen LogP contribution in [0.3, 0.4) is 0 Å². The van der Waals surface area contributed by atoms with Gasteiger partial charge in [0.15, 0.2) is 0 Å². The van der Waals surface area contributed by atoms with Crippen LogP contribution in [0.4, 0.5) is 5.82 Å². The molecule has 2 aromatic rings. The van der Waals surface area contributed by atoms with Crippen molar-refractivity contribution in [2.24, 2.45) is 0 Å². The summed E-state index contributed by atoms with van der Waals surface area (Å²) in [7, 11) is 0. The Labute approximate surface area is 117 Å². The number of piperidine rings is 1. The molecule has 19 heavy (non-hydrogen) atoms. The summed E-state index contributed by atoms with van der Waals surface area (Å²) in [6, 6.07) is 4.46. The highest BCUT2D eigenvalue weighted by atomic mass is 32.1. The largest absolute Gasteiger partial charge is 0.383 e. The van der Waals surface area contributed by atoms with Crippen LogP contribution < -0.4 is 5.73 Å². The number of rotatable bonds is 3. The molecule has 0 saturated carbocycles. The van der Waals surface area contributed by atoms with E-state index < -0.39 is 0 Å². The zero-order chi connectivity index (χ0) is 13.1. The van der Waals surface area contributed by atoms with Gasteiger partial charge in [0.2, 0.25) is 0 Å². The number of thiazole rings is 1. The Morgan fingerprint density at radius 3 is 3.05 bits per heavy atom. The average molecular weight is 274 g/mol. The average Bonchev–Trinajstić information content (AvgIpc) is 2.96. The molecule has 1 saturated heterocycles. The number of nitrogens with two attached hydrogens (primary N) is 1.